The van der Waals surface area contributed by atoms with Crippen molar-refractivity contribution in [2.45, 2.75) is 13.0 Å². The number of anilines is 2. The van der Waals surface area contributed by atoms with Crippen LogP contribution in [0, 0.1) is 6.92 Å². The fraction of sp³-hybridized carbons (Fsp3) is 0.455. The van der Waals surface area contributed by atoms with E-state index in [-0.39, 0.29) is 6.04 Å². The SMILES string of the molecule is COC[C@H](N)CNc1cccc(C)c1N. The molecule has 0 aliphatic carbocycles. The third-order valence-corrected chi connectivity index (χ3v) is 2.26. The molecule has 0 saturated heterocycles. The van der Waals surface area contributed by atoms with Gasteiger partial charge in [0.1, 0.15) is 0 Å². The smallest absolute Gasteiger partial charge is 0.0630 e. The maximum atomic E-state index is 5.91. The van der Waals surface area contributed by atoms with Crippen LogP contribution >= 0.6 is 0 Å². The summed E-state index contributed by atoms with van der Waals surface area (Å²) in [5.74, 6) is 0. The molecule has 5 N–H and O–H groups in total. The lowest BCUT2D eigenvalue weighted by Crippen LogP contribution is -2.33. The molecule has 1 aromatic carbocycles. The van der Waals surface area contributed by atoms with Gasteiger partial charge in [-0.2, -0.15) is 0 Å². The first-order valence-corrected chi connectivity index (χ1v) is 4.98. The molecule has 1 atom stereocenters. The van der Waals surface area contributed by atoms with E-state index in [1.165, 1.54) is 0 Å². The Morgan fingerprint density at radius 3 is 2.87 bits per heavy atom. The van der Waals surface area contributed by atoms with Gasteiger partial charge in [0.2, 0.25) is 0 Å². The van der Waals surface area contributed by atoms with E-state index < -0.39 is 0 Å². The van der Waals surface area contributed by atoms with Crippen molar-refractivity contribution in [2.24, 2.45) is 5.73 Å². The molecular formula is C11H19N3O. The molecule has 0 bridgehead atoms. The lowest BCUT2D eigenvalue weighted by atomic mass is 10.1. The van der Waals surface area contributed by atoms with Crippen LogP contribution in [0.5, 0.6) is 0 Å². The Morgan fingerprint density at radius 2 is 2.20 bits per heavy atom. The monoisotopic (exact) mass is 209 g/mol. The Hall–Kier alpha value is -1.26. The number of nitrogens with two attached hydrogens (primary N) is 2. The molecule has 0 saturated carbocycles. The number of hydrogen-bond donors (Lipinski definition) is 3. The van der Waals surface area contributed by atoms with Crippen LogP contribution in [0.25, 0.3) is 0 Å². The fourth-order valence-electron chi connectivity index (χ4n) is 1.35. The highest BCUT2D eigenvalue weighted by Gasteiger charge is 2.04. The standard InChI is InChI=1S/C11H19N3O/c1-8-4-3-5-10(11(8)13)14-6-9(12)7-15-2/h3-5,9,14H,6-7,12-13H2,1-2H3/t9-/m1/s1. The highest BCUT2D eigenvalue weighted by Crippen LogP contribution is 2.21. The van der Waals surface area contributed by atoms with Crippen LogP contribution in [-0.2, 0) is 4.74 Å². The van der Waals surface area contributed by atoms with Crippen LogP contribution in [0.3, 0.4) is 0 Å². The zero-order valence-electron chi connectivity index (χ0n) is 9.29. The Labute approximate surface area is 90.6 Å². The van der Waals surface area contributed by atoms with E-state index in [0.29, 0.717) is 13.2 Å². The van der Waals surface area contributed by atoms with Crippen molar-refractivity contribution in [3.63, 3.8) is 0 Å². The Kier molecular flexibility index (Phi) is 4.39. The first kappa shape index (κ1) is 11.8. The fourth-order valence-corrected chi connectivity index (χ4v) is 1.35. The summed E-state index contributed by atoms with van der Waals surface area (Å²) in [6, 6.07) is 5.88. The van der Waals surface area contributed by atoms with Crippen LogP contribution in [0.1, 0.15) is 5.56 Å². The van der Waals surface area contributed by atoms with E-state index in [1.807, 2.05) is 25.1 Å². The van der Waals surface area contributed by atoms with Crippen LogP contribution in [-0.4, -0.2) is 26.3 Å². The summed E-state index contributed by atoms with van der Waals surface area (Å²) < 4.78 is 4.95. The van der Waals surface area contributed by atoms with Gasteiger partial charge in [0.05, 0.1) is 18.0 Å². The van der Waals surface area contributed by atoms with Gasteiger partial charge in [0.15, 0.2) is 0 Å². The van der Waals surface area contributed by atoms with Gasteiger partial charge < -0.3 is 21.5 Å². The van der Waals surface area contributed by atoms with Crippen molar-refractivity contribution < 1.29 is 4.74 Å². The van der Waals surface area contributed by atoms with Gasteiger partial charge in [0, 0.05) is 19.7 Å². The molecule has 1 aromatic rings. The molecule has 1 rings (SSSR count). The van der Waals surface area contributed by atoms with E-state index in [4.69, 9.17) is 16.2 Å². The largest absolute Gasteiger partial charge is 0.397 e. The number of nitrogens with one attached hydrogen (secondary N) is 1. The van der Waals surface area contributed by atoms with E-state index >= 15 is 0 Å². The van der Waals surface area contributed by atoms with E-state index in [9.17, 15) is 0 Å². The highest BCUT2D eigenvalue weighted by atomic mass is 16.5. The average Bonchev–Trinajstić information content (AvgIpc) is 2.21. The molecule has 0 aromatic heterocycles. The molecule has 15 heavy (non-hydrogen) atoms. The van der Waals surface area contributed by atoms with E-state index in [1.54, 1.807) is 7.11 Å². The molecule has 84 valence electrons. The van der Waals surface area contributed by atoms with Crippen molar-refractivity contribution >= 4 is 11.4 Å². The van der Waals surface area contributed by atoms with Gasteiger partial charge in [0.25, 0.3) is 0 Å². The summed E-state index contributed by atoms with van der Waals surface area (Å²) >= 11 is 0. The molecule has 0 unspecified atom stereocenters. The third-order valence-electron chi connectivity index (χ3n) is 2.26. The van der Waals surface area contributed by atoms with Gasteiger partial charge in [-0.05, 0) is 18.6 Å². The average molecular weight is 209 g/mol. The first-order chi connectivity index (χ1) is 7.15. The predicted octanol–water partition coefficient (Wildman–Crippen LogP) is 0.963. The van der Waals surface area contributed by atoms with Crippen molar-refractivity contribution in [3.8, 4) is 0 Å². The number of aryl methyl sites for hydroxylation is 1. The van der Waals surface area contributed by atoms with Crippen LogP contribution in [0.2, 0.25) is 0 Å². The summed E-state index contributed by atoms with van der Waals surface area (Å²) in [5, 5.41) is 3.21. The topological polar surface area (TPSA) is 73.3 Å². The first-order valence-electron chi connectivity index (χ1n) is 4.98. The molecule has 0 fully saturated rings. The molecule has 0 spiro atoms. The lowest BCUT2D eigenvalue weighted by Gasteiger charge is -2.15. The molecule has 0 heterocycles. The number of nitrogen functional groups attached to an aromatic ring is 1. The quantitative estimate of drug-likeness (QED) is 0.632. The lowest BCUT2D eigenvalue weighted by molar-refractivity contribution is 0.183. The van der Waals surface area contributed by atoms with E-state index in [0.717, 1.165) is 16.9 Å². The van der Waals surface area contributed by atoms with Gasteiger partial charge in [-0.15, -0.1) is 0 Å². The molecular weight excluding hydrogens is 190 g/mol. The van der Waals surface area contributed by atoms with E-state index in [2.05, 4.69) is 5.32 Å². The molecule has 4 heteroatoms. The maximum Gasteiger partial charge on any atom is 0.0630 e. The zero-order valence-corrected chi connectivity index (χ0v) is 9.29. The predicted molar refractivity (Wildman–Crippen MR) is 63.9 cm³/mol. The molecule has 4 nitrogen and oxygen atoms in total. The number of rotatable bonds is 5. The Morgan fingerprint density at radius 1 is 1.47 bits per heavy atom. The number of methoxy groups -OCH3 is 1. The second kappa shape index (κ2) is 5.58. The van der Waals surface area contributed by atoms with Crippen LogP contribution in [0.4, 0.5) is 11.4 Å². The maximum absolute atomic E-state index is 5.91. The number of benzene rings is 1. The summed E-state index contributed by atoms with van der Waals surface area (Å²) in [7, 11) is 1.64. The normalized spacial score (nSPS) is 12.5. The van der Waals surface area contributed by atoms with Crippen LogP contribution < -0.4 is 16.8 Å². The van der Waals surface area contributed by atoms with Gasteiger partial charge >= 0.3 is 0 Å². The minimum Gasteiger partial charge on any atom is -0.397 e. The van der Waals surface area contributed by atoms with Crippen molar-refractivity contribution in [1.82, 2.24) is 0 Å². The van der Waals surface area contributed by atoms with Gasteiger partial charge in [-0.1, -0.05) is 12.1 Å². The molecule has 0 amide bonds. The second-order valence-corrected chi connectivity index (χ2v) is 3.63. The Bertz CT molecular complexity index is 315. The number of para-hydroxylation sites is 1. The zero-order chi connectivity index (χ0) is 11.3. The van der Waals surface area contributed by atoms with Crippen molar-refractivity contribution in [1.29, 1.82) is 0 Å². The minimum atomic E-state index is -0.0186. The summed E-state index contributed by atoms with van der Waals surface area (Å²) in [4.78, 5) is 0. The number of ether oxygens (including phenoxy) is 1. The highest BCUT2D eigenvalue weighted by molar-refractivity contribution is 5.69. The summed E-state index contributed by atoms with van der Waals surface area (Å²) in [6.07, 6.45) is 0. The van der Waals surface area contributed by atoms with Crippen molar-refractivity contribution in [3.05, 3.63) is 23.8 Å². The van der Waals surface area contributed by atoms with Gasteiger partial charge in [-0.3, -0.25) is 0 Å². The van der Waals surface area contributed by atoms with Gasteiger partial charge in [-0.25, -0.2) is 0 Å². The Balaban J connectivity index is 2.54. The summed E-state index contributed by atoms with van der Waals surface area (Å²) in [6.45, 7) is 3.18. The van der Waals surface area contributed by atoms with Crippen LogP contribution in [0.15, 0.2) is 18.2 Å². The molecule has 0 aliphatic rings. The molecule has 0 radical (unpaired) electrons. The minimum absolute atomic E-state index is 0.0186. The summed E-state index contributed by atoms with van der Waals surface area (Å²) in [5.41, 5.74) is 14.5. The third kappa shape index (κ3) is 3.42. The second-order valence-electron chi connectivity index (χ2n) is 3.63. The molecule has 0 aliphatic heterocycles. The van der Waals surface area contributed by atoms with Crippen molar-refractivity contribution in [2.75, 3.05) is 31.3 Å². The number of hydrogen-bond acceptors (Lipinski definition) is 4.